The van der Waals surface area contributed by atoms with E-state index < -0.39 is 0 Å². The summed E-state index contributed by atoms with van der Waals surface area (Å²) < 4.78 is 5.68. The van der Waals surface area contributed by atoms with E-state index in [0.29, 0.717) is 6.61 Å². The number of rotatable bonds is 7. The Balaban J connectivity index is 1.89. The summed E-state index contributed by atoms with van der Waals surface area (Å²) >= 11 is 1.61. The minimum absolute atomic E-state index is 0.0306. The second-order valence-electron chi connectivity index (χ2n) is 4.15. The zero-order valence-electron chi connectivity index (χ0n) is 10.9. The smallest absolute Gasteiger partial charge is 0.182 e. The molecule has 4 nitrogen and oxygen atoms in total. The molecule has 102 valence electrons. The predicted octanol–water partition coefficient (Wildman–Crippen LogP) is 3.04. The van der Waals surface area contributed by atoms with Crippen LogP contribution in [0, 0.1) is 0 Å². The zero-order chi connectivity index (χ0) is 13.5. The Hall–Kier alpha value is -1.59. The van der Waals surface area contributed by atoms with Crippen LogP contribution in [0.4, 0.5) is 5.13 Å². The molecule has 1 heterocycles. The Morgan fingerprint density at radius 3 is 3.11 bits per heavy atom. The Kier molecular flexibility index (Phi) is 5.18. The van der Waals surface area contributed by atoms with E-state index in [-0.39, 0.29) is 6.61 Å². The summed E-state index contributed by atoms with van der Waals surface area (Å²) in [4.78, 5) is 5.36. The fourth-order valence-electron chi connectivity index (χ4n) is 1.58. The van der Waals surface area contributed by atoms with E-state index in [1.54, 1.807) is 11.3 Å². The van der Waals surface area contributed by atoms with Crippen molar-refractivity contribution in [2.75, 3.05) is 11.9 Å². The van der Waals surface area contributed by atoms with Crippen LogP contribution >= 0.6 is 11.3 Å². The van der Waals surface area contributed by atoms with Gasteiger partial charge in [-0.15, -0.1) is 0 Å². The fraction of sp³-hybridized carbons (Fsp3) is 0.357. The van der Waals surface area contributed by atoms with Crippen molar-refractivity contribution in [3.63, 3.8) is 0 Å². The van der Waals surface area contributed by atoms with E-state index in [1.807, 2.05) is 30.5 Å². The van der Waals surface area contributed by atoms with Gasteiger partial charge >= 0.3 is 0 Å². The van der Waals surface area contributed by atoms with Gasteiger partial charge in [0.1, 0.15) is 12.4 Å². The van der Waals surface area contributed by atoms with Crippen molar-refractivity contribution < 1.29 is 9.84 Å². The molecule has 0 amide bonds. The summed E-state index contributed by atoms with van der Waals surface area (Å²) in [5.41, 5.74) is 0.854. The maximum atomic E-state index is 9.06. The number of aliphatic hydroxyl groups is 1. The van der Waals surface area contributed by atoms with Gasteiger partial charge < -0.3 is 15.2 Å². The molecule has 0 saturated carbocycles. The molecular weight excluding hydrogens is 260 g/mol. The van der Waals surface area contributed by atoms with Crippen molar-refractivity contribution in [2.45, 2.75) is 26.6 Å². The maximum Gasteiger partial charge on any atom is 0.182 e. The number of nitrogens with one attached hydrogen (secondary N) is 1. The van der Waals surface area contributed by atoms with Gasteiger partial charge in [0, 0.05) is 12.7 Å². The molecule has 2 N–H and O–H groups in total. The Bertz CT molecular complexity index is 514. The molecule has 2 aromatic rings. The second-order valence-corrected chi connectivity index (χ2v) is 5.27. The molecule has 0 aliphatic carbocycles. The average molecular weight is 278 g/mol. The van der Waals surface area contributed by atoms with Gasteiger partial charge in [0.15, 0.2) is 5.13 Å². The van der Waals surface area contributed by atoms with Crippen LogP contribution in [0.25, 0.3) is 0 Å². The Morgan fingerprint density at radius 1 is 1.42 bits per heavy atom. The highest BCUT2D eigenvalue weighted by Gasteiger charge is 2.02. The lowest BCUT2D eigenvalue weighted by Gasteiger charge is -2.05. The number of anilines is 1. The molecule has 0 radical (unpaired) electrons. The molecule has 0 atom stereocenters. The van der Waals surface area contributed by atoms with Gasteiger partial charge in [-0.1, -0.05) is 30.4 Å². The van der Waals surface area contributed by atoms with Crippen LogP contribution in [0.3, 0.4) is 0 Å². The minimum atomic E-state index is 0.0306. The lowest BCUT2D eigenvalue weighted by molar-refractivity contribution is 0.278. The third kappa shape index (κ3) is 4.22. The Morgan fingerprint density at radius 2 is 2.32 bits per heavy atom. The molecule has 1 aromatic heterocycles. The fourth-order valence-corrected chi connectivity index (χ4v) is 2.33. The molecule has 0 aliphatic heterocycles. The van der Waals surface area contributed by atoms with Crippen molar-refractivity contribution in [3.8, 4) is 5.75 Å². The molecule has 0 fully saturated rings. The van der Waals surface area contributed by atoms with Crippen molar-refractivity contribution in [3.05, 3.63) is 40.9 Å². The highest BCUT2D eigenvalue weighted by Crippen LogP contribution is 2.21. The first-order valence-electron chi connectivity index (χ1n) is 6.33. The quantitative estimate of drug-likeness (QED) is 0.817. The molecule has 0 spiro atoms. The molecular formula is C14H18N2O2S. The normalized spacial score (nSPS) is 10.4. The lowest BCUT2D eigenvalue weighted by Crippen LogP contribution is -1.97. The first-order chi connectivity index (χ1) is 9.31. The van der Waals surface area contributed by atoms with Gasteiger partial charge in [-0.05, 0) is 24.1 Å². The van der Waals surface area contributed by atoms with Crippen molar-refractivity contribution in [2.24, 2.45) is 0 Å². The average Bonchev–Trinajstić information content (AvgIpc) is 2.91. The monoisotopic (exact) mass is 278 g/mol. The SMILES string of the molecule is CCCNc1ncc(COc2cccc(CO)c2)s1. The van der Waals surface area contributed by atoms with E-state index in [4.69, 9.17) is 9.84 Å². The van der Waals surface area contributed by atoms with Crippen LogP contribution in [0.15, 0.2) is 30.5 Å². The highest BCUT2D eigenvalue weighted by molar-refractivity contribution is 7.15. The predicted molar refractivity (Wildman–Crippen MR) is 77.6 cm³/mol. The summed E-state index contributed by atoms with van der Waals surface area (Å²) in [6.07, 6.45) is 2.91. The first kappa shape index (κ1) is 13.8. The van der Waals surface area contributed by atoms with Crippen LogP contribution < -0.4 is 10.1 Å². The molecule has 5 heteroatoms. The van der Waals surface area contributed by atoms with Crippen LogP contribution in [0.1, 0.15) is 23.8 Å². The van der Waals surface area contributed by atoms with Crippen LogP contribution in [-0.2, 0) is 13.2 Å². The zero-order valence-corrected chi connectivity index (χ0v) is 11.7. The van der Waals surface area contributed by atoms with Gasteiger partial charge in [-0.3, -0.25) is 0 Å². The summed E-state index contributed by atoms with van der Waals surface area (Å²) in [5, 5.41) is 13.2. The molecule has 2 rings (SSSR count). The minimum Gasteiger partial charge on any atom is -0.488 e. The van der Waals surface area contributed by atoms with Crippen LogP contribution in [0.2, 0.25) is 0 Å². The van der Waals surface area contributed by atoms with E-state index in [9.17, 15) is 0 Å². The lowest BCUT2D eigenvalue weighted by atomic mass is 10.2. The largest absolute Gasteiger partial charge is 0.488 e. The van der Waals surface area contributed by atoms with Gasteiger partial charge in [-0.25, -0.2) is 4.98 Å². The van der Waals surface area contributed by atoms with E-state index in [0.717, 1.165) is 34.3 Å². The number of ether oxygens (including phenoxy) is 1. The molecule has 0 bridgehead atoms. The third-order valence-corrected chi connectivity index (χ3v) is 3.47. The highest BCUT2D eigenvalue weighted by atomic mass is 32.1. The number of aliphatic hydroxyl groups excluding tert-OH is 1. The van der Waals surface area contributed by atoms with Crippen LogP contribution in [0.5, 0.6) is 5.75 Å². The number of hydrogen-bond acceptors (Lipinski definition) is 5. The van der Waals surface area contributed by atoms with Crippen molar-refractivity contribution >= 4 is 16.5 Å². The van der Waals surface area contributed by atoms with Gasteiger partial charge in [0.25, 0.3) is 0 Å². The Labute approximate surface area is 117 Å². The molecule has 0 aliphatic rings. The molecule has 0 saturated heterocycles. The number of nitrogens with zero attached hydrogens (tertiary/aromatic N) is 1. The number of benzene rings is 1. The number of aromatic nitrogens is 1. The van der Waals surface area contributed by atoms with Crippen molar-refractivity contribution in [1.82, 2.24) is 4.98 Å². The van der Waals surface area contributed by atoms with Gasteiger partial charge in [0.05, 0.1) is 11.5 Å². The maximum absolute atomic E-state index is 9.06. The summed E-state index contributed by atoms with van der Waals surface area (Å²) in [6.45, 7) is 3.59. The third-order valence-electron chi connectivity index (χ3n) is 2.54. The summed E-state index contributed by atoms with van der Waals surface area (Å²) in [6, 6.07) is 7.47. The molecule has 1 aromatic carbocycles. The van der Waals surface area contributed by atoms with Crippen LogP contribution in [-0.4, -0.2) is 16.6 Å². The number of thiazole rings is 1. The van der Waals surface area contributed by atoms with E-state index >= 15 is 0 Å². The van der Waals surface area contributed by atoms with Crippen molar-refractivity contribution in [1.29, 1.82) is 0 Å². The molecule has 19 heavy (non-hydrogen) atoms. The van der Waals surface area contributed by atoms with Gasteiger partial charge in [-0.2, -0.15) is 0 Å². The summed E-state index contributed by atoms with van der Waals surface area (Å²) in [7, 11) is 0. The van der Waals surface area contributed by atoms with E-state index in [1.165, 1.54) is 0 Å². The van der Waals surface area contributed by atoms with E-state index in [2.05, 4.69) is 17.2 Å². The van der Waals surface area contributed by atoms with Gasteiger partial charge in [0.2, 0.25) is 0 Å². The first-order valence-corrected chi connectivity index (χ1v) is 7.14. The topological polar surface area (TPSA) is 54.4 Å². The second kappa shape index (κ2) is 7.11. The standard InChI is InChI=1S/C14H18N2O2S/c1-2-6-15-14-16-8-13(19-14)10-18-12-5-3-4-11(7-12)9-17/h3-5,7-8,17H,2,6,9-10H2,1H3,(H,15,16). The molecule has 0 unspecified atom stereocenters. The number of hydrogen-bond donors (Lipinski definition) is 2. The summed E-state index contributed by atoms with van der Waals surface area (Å²) in [5.74, 6) is 0.767.